The van der Waals surface area contributed by atoms with Crippen LogP contribution in [0, 0.1) is 13.8 Å². The van der Waals surface area contributed by atoms with E-state index in [1.807, 2.05) is 44.2 Å². The molecule has 2 aromatic rings. The number of rotatable bonds is 7. The number of thiazole rings is 1. The van der Waals surface area contributed by atoms with Gasteiger partial charge >= 0.3 is 5.97 Å². The van der Waals surface area contributed by atoms with Gasteiger partial charge in [0.2, 0.25) is 0 Å². The molecule has 0 atom stereocenters. The van der Waals surface area contributed by atoms with Crippen molar-refractivity contribution in [1.82, 2.24) is 9.88 Å². The number of carbonyl (C=O) groups is 2. The first-order valence-electron chi connectivity index (χ1n) is 7.46. The normalized spacial score (nSPS) is 10.5. The lowest BCUT2D eigenvalue weighted by molar-refractivity contribution is -0.137. The number of nitrogens with zero attached hydrogens (tertiary/aromatic N) is 2. The van der Waals surface area contributed by atoms with Crippen LogP contribution in [0.1, 0.15) is 38.8 Å². The van der Waals surface area contributed by atoms with E-state index in [2.05, 4.69) is 4.98 Å². The van der Waals surface area contributed by atoms with E-state index >= 15 is 0 Å². The maximum atomic E-state index is 12.8. The summed E-state index contributed by atoms with van der Waals surface area (Å²) in [5.41, 5.74) is 1.49. The summed E-state index contributed by atoms with van der Waals surface area (Å²) in [6.45, 7) is 4.61. The highest BCUT2D eigenvalue weighted by atomic mass is 32.1. The van der Waals surface area contributed by atoms with E-state index in [1.165, 1.54) is 11.3 Å². The molecule has 1 aromatic heterocycles. The van der Waals surface area contributed by atoms with Crippen molar-refractivity contribution in [3.63, 3.8) is 0 Å². The molecular formula is C17H20N2O3S. The van der Waals surface area contributed by atoms with Crippen LogP contribution in [0.2, 0.25) is 0 Å². The number of carbonyl (C=O) groups excluding carboxylic acids is 1. The van der Waals surface area contributed by atoms with Crippen LogP contribution < -0.4 is 0 Å². The largest absolute Gasteiger partial charge is 0.481 e. The SMILES string of the molecule is Cc1nc(C(=O)N(CCCC(=O)O)Cc2ccccc2)c(C)s1. The highest BCUT2D eigenvalue weighted by molar-refractivity contribution is 7.11. The third-order valence-corrected chi connectivity index (χ3v) is 4.31. The van der Waals surface area contributed by atoms with Gasteiger partial charge in [0.15, 0.2) is 0 Å². The van der Waals surface area contributed by atoms with Gasteiger partial charge in [-0.3, -0.25) is 9.59 Å². The zero-order valence-electron chi connectivity index (χ0n) is 13.3. The number of carboxylic acid groups (broad SMARTS) is 1. The standard InChI is InChI=1S/C17H20N2O3S/c1-12-16(18-13(2)23-12)17(22)19(10-6-9-15(20)21)11-14-7-4-3-5-8-14/h3-5,7-8H,6,9-11H2,1-2H3,(H,20,21). The number of benzene rings is 1. The predicted octanol–water partition coefficient (Wildman–Crippen LogP) is 3.27. The van der Waals surface area contributed by atoms with Crippen LogP contribution in [0.5, 0.6) is 0 Å². The molecule has 0 saturated heterocycles. The number of aromatic nitrogens is 1. The smallest absolute Gasteiger partial charge is 0.303 e. The number of hydrogen-bond acceptors (Lipinski definition) is 4. The Labute approximate surface area is 139 Å². The first-order chi connectivity index (χ1) is 11.0. The fourth-order valence-electron chi connectivity index (χ4n) is 2.35. The zero-order chi connectivity index (χ0) is 16.8. The van der Waals surface area contributed by atoms with Crippen LogP contribution in [-0.4, -0.2) is 33.4 Å². The van der Waals surface area contributed by atoms with Crippen LogP contribution in [0.15, 0.2) is 30.3 Å². The Morgan fingerprint density at radius 2 is 1.91 bits per heavy atom. The van der Waals surface area contributed by atoms with E-state index in [0.717, 1.165) is 15.4 Å². The lowest BCUT2D eigenvalue weighted by Crippen LogP contribution is -2.32. The second-order valence-electron chi connectivity index (χ2n) is 5.35. The second kappa shape index (κ2) is 7.87. The average Bonchev–Trinajstić information content (AvgIpc) is 2.85. The Morgan fingerprint density at radius 3 is 2.48 bits per heavy atom. The fourth-order valence-corrected chi connectivity index (χ4v) is 3.16. The molecule has 1 N–H and O–H groups in total. The Balaban J connectivity index is 2.16. The summed E-state index contributed by atoms with van der Waals surface area (Å²) >= 11 is 1.50. The van der Waals surface area contributed by atoms with E-state index in [4.69, 9.17) is 5.11 Å². The van der Waals surface area contributed by atoms with Crippen LogP contribution in [0.4, 0.5) is 0 Å². The first kappa shape index (κ1) is 17.1. The van der Waals surface area contributed by atoms with Gasteiger partial charge in [-0.15, -0.1) is 11.3 Å². The quantitative estimate of drug-likeness (QED) is 0.845. The van der Waals surface area contributed by atoms with Crippen LogP contribution in [-0.2, 0) is 11.3 Å². The van der Waals surface area contributed by atoms with Crippen molar-refractivity contribution in [1.29, 1.82) is 0 Å². The van der Waals surface area contributed by atoms with Gasteiger partial charge in [-0.05, 0) is 25.8 Å². The molecule has 0 aliphatic heterocycles. The molecule has 23 heavy (non-hydrogen) atoms. The monoisotopic (exact) mass is 332 g/mol. The highest BCUT2D eigenvalue weighted by Crippen LogP contribution is 2.19. The number of carboxylic acids is 1. The summed E-state index contributed by atoms with van der Waals surface area (Å²) in [7, 11) is 0. The summed E-state index contributed by atoms with van der Waals surface area (Å²) in [5.74, 6) is -0.987. The van der Waals surface area contributed by atoms with Gasteiger partial charge < -0.3 is 10.0 Å². The summed E-state index contributed by atoms with van der Waals surface area (Å²) in [5, 5.41) is 9.66. The van der Waals surface area contributed by atoms with Crippen LogP contribution >= 0.6 is 11.3 Å². The van der Waals surface area contributed by atoms with Crippen molar-refractivity contribution in [2.24, 2.45) is 0 Å². The fraction of sp³-hybridized carbons (Fsp3) is 0.353. The molecule has 1 aromatic carbocycles. The van der Waals surface area contributed by atoms with Gasteiger partial charge in [-0.25, -0.2) is 4.98 Å². The maximum Gasteiger partial charge on any atom is 0.303 e. The molecular weight excluding hydrogens is 312 g/mol. The third-order valence-electron chi connectivity index (χ3n) is 3.43. The van der Waals surface area contributed by atoms with Crippen molar-refractivity contribution in [2.75, 3.05) is 6.54 Å². The van der Waals surface area contributed by atoms with E-state index < -0.39 is 5.97 Å². The van der Waals surface area contributed by atoms with E-state index in [0.29, 0.717) is 25.2 Å². The molecule has 0 radical (unpaired) electrons. The molecule has 0 aliphatic rings. The number of aryl methyl sites for hydroxylation is 2. The summed E-state index contributed by atoms with van der Waals surface area (Å²) in [4.78, 5) is 30.4. The lowest BCUT2D eigenvalue weighted by atomic mass is 10.2. The second-order valence-corrected chi connectivity index (χ2v) is 6.75. The summed E-state index contributed by atoms with van der Waals surface area (Å²) < 4.78 is 0. The Morgan fingerprint density at radius 1 is 1.22 bits per heavy atom. The lowest BCUT2D eigenvalue weighted by Gasteiger charge is -2.22. The number of amides is 1. The third kappa shape index (κ3) is 4.89. The van der Waals surface area contributed by atoms with Crippen molar-refractivity contribution in [2.45, 2.75) is 33.2 Å². The molecule has 0 spiro atoms. The minimum atomic E-state index is -0.849. The van der Waals surface area contributed by atoms with Gasteiger partial charge in [0.25, 0.3) is 5.91 Å². The van der Waals surface area contributed by atoms with Gasteiger partial charge in [0.05, 0.1) is 5.01 Å². The topological polar surface area (TPSA) is 70.5 Å². The molecule has 0 aliphatic carbocycles. The Bertz CT molecular complexity index is 682. The molecule has 0 bridgehead atoms. The molecule has 2 rings (SSSR count). The predicted molar refractivity (Wildman–Crippen MR) is 89.6 cm³/mol. The maximum absolute atomic E-state index is 12.8. The van der Waals surface area contributed by atoms with Crippen molar-refractivity contribution >= 4 is 23.2 Å². The molecule has 1 heterocycles. The first-order valence-corrected chi connectivity index (χ1v) is 8.28. The molecule has 5 nitrogen and oxygen atoms in total. The molecule has 0 unspecified atom stereocenters. The van der Waals surface area contributed by atoms with Gasteiger partial charge in [0, 0.05) is 24.4 Å². The molecule has 0 fully saturated rings. The highest BCUT2D eigenvalue weighted by Gasteiger charge is 2.21. The van der Waals surface area contributed by atoms with E-state index in [1.54, 1.807) is 4.90 Å². The summed E-state index contributed by atoms with van der Waals surface area (Å²) in [6, 6.07) is 9.68. The minimum absolute atomic E-state index is 0.0493. The van der Waals surface area contributed by atoms with Gasteiger partial charge in [-0.2, -0.15) is 0 Å². The average molecular weight is 332 g/mol. The van der Waals surface area contributed by atoms with Crippen molar-refractivity contribution < 1.29 is 14.7 Å². The molecule has 0 saturated carbocycles. The van der Waals surface area contributed by atoms with Gasteiger partial charge in [0.1, 0.15) is 5.69 Å². The molecule has 1 amide bonds. The molecule has 122 valence electrons. The van der Waals surface area contributed by atoms with Crippen LogP contribution in [0.3, 0.4) is 0 Å². The molecule has 6 heteroatoms. The van der Waals surface area contributed by atoms with Gasteiger partial charge in [-0.1, -0.05) is 30.3 Å². The van der Waals surface area contributed by atoms with E-state index in [-0.39, 0.29) is 12.3 Å². The van der Waals surface area contributed by atoms with Crippen molar-refractivity contribution in [3.05, 3.63) is 51.5 Å². The Kier molecular flexibility index (Phi) is 5.87. The van der Waals surface area contributed by atoms with Crippen LogP contribution in [0.25, 0.3) is 0 Å². The Hall–Kier alpha value is -2.21. The minimum Gasteiger partial charge on any atom is -0.481 e. The van der Waals surface area contributed by atoms with E-state index in [9.17, 15) is 9.59 Å². The number of aliphatic carboxylic acids is 1. The zero-order valence-corrected chi connectivity index (χ0v) is 14.1. The van der Waals surface area contributed by atoms with Crippen molar-refractivity contribution in [3.8, 4) is 0 Å². The summed E-state index contributed by atoms with van der Waals surface area (Å²) in [6.07, 6.45) is 0.476. The number of hydrogen-bond donors (Lipinski definition) is 1.